The molecule has 1 aliphatic heterocycles. The average molecular weight is 312 g/mol. The summed E-state index contributed by atoms with van der Waals surface area (Å²) in [6.45, 7) is 9.72. The van der Waals surface area contributed by atoms with E-state index >= 15 is 0 Å². The van der Waals surface area contributed by atoms with Gasteiger partial charge >= 0.3 is 0 Å². The second-order valence-corrected chi connectivity index (χ2v) is 6.13. The fourth-order valence-electron chi connectivity index (χ4n) is 3.19. The van der Waals surface area contributed by atoms with Crippen molar-refractivity contribution >= 4 is 10.9 Å². The van der Waals surface area contributed by atoms with Gasteiger partial charge < -0.3 is 9.84 Å². The quantitative estimate of drug-likeness (QED) is 0.855. The van der Waals surface area contributed by atoms with Gasteiger partial charge in [0.2, 0.25) is 0 Å². The number of phenolic OH excluding ortho intramolecular Hbond substituents is 1. The van der Waals surface area contributed by atoms with Crippen LogP contribution in [0.1, 0.15) is 25.5 Å². The molecular weight excluding hydrogens is 288 g/mol. The van der Waals surface area contributed by atoms with Crippen LogP contribution in [0.5, 0.6) is 5.75 Å². The maximum absolute atomic E-state index is 9.52. The first kappa shape index (κ1) is 15.8. The summed E-state index contributed by atoms with van der Waals surface area (Å²) in [5, 5.41) is 10.5. The molecule has 0 bridgehead atoms. The molecule has 0 aliphatic carbocycles. The van der Waals surface area contributed by atoms with Crippen LogP contribution in [-0.4, -0.2) is 34.7 Å². The first-order valence-electron chi connectivity index (χ1n) is 8.28. The highest BCUT2D eigenvalue weighted by Crippen LogP contribution is 2.25. The zero-order valence-corrected chi connectivity index (χ0v) is 13.7. The van der Waals surface area contributed by atoms with Gasteiger partial charge in [0.15, 0.2) is 0 Å². The lowest BCUT2D eigenvalue weighted by atomic mass is 9.95. The highest BCUT2D eigenvalue weighted by Gasteiger charge is 2.22. The van der Waals surface area contributed by atoms with Crippen LogP contribution in [0.15, 0.2) is 42.7 Å². The number of aromatic hydroxyl groups is 1. The Morgan fingerprint density at radius 1 is 1.30 bits per heavy atom. The van der Waals surface area contributed by atoms with E-state index in [-0.39, 0.29) is 5.75 Å². The number of hydrogen-bond acceptors (Lipinski definition) is 4. The average Bonchev–Trinajstić information content (AvgIpc) is 2.56. The van der Waals surface area contributed by atoms with Crippen molar-refractivity contribution in [1.82, 2.24) is 9.88 Å². The number of nitrogens with zero attached hydrogens (tertiary/aromatic N) is 2. The molecule has 0 amide bonds. The Hall–Kier alpha value is -2.07. The second-order valence-electron chi connectivity index (χ2n) is 6.13. The van der Waals surface area contributed by atoms with Crippen molar-refractivity contribution in [2.24, 2.45) is 5.92 Å². The van der Waals surface area contributed by atoms with Crippen molar-refractivity contribution in [3.8, 4) is 5.75 Å². The number of piperidine rings is 1. The van der Waals surface area contributed by atoms with Gasteiger partial charge in [-0.05, 0) is 57.1 Å². The van der Waals surface area contributed by atoms with E-state index in [1.165, 1.54) is 0 Å². The molecule has 2 heterocycles. The maximum Gasteiger partial charge on any atom is 0.116 e. The molecule has 0 spiro atoms. The summed E-state index contributed by atoms with van der Waals surface area (Å²) in [7, 11) is 0. The second kappa shape index (κ2) is 7.01. The number of benzene rings is 1. The summed E-state index contributed by atoms with van der Waals surface area (Å²) in [5.74, 6) is 1.71. The van der Waals surface area contributed by atoms with Crippen LogP contribution >= 0.6 is 0 Å². The number of aromatic nitrogens is 1. The van der Waals surface area contributed by atoms with Crippen LogP contribution in [0.2, 0.25) is 0 Å². The van der Waals surface area contributed by atoms with Gasteiger partial charge in [-0.25, -0.2) is 0 Å². The van der Waals surface area contributed by atoms with Crippen LogP contribution in [-0.2, 0) is 11.3 Å². The fourth-order valence-corrected chi connectivity index (χ4v) is 3.19. The minimum absolute atomic E-state index is 0.281. The number of likely N-dealkylation sites (tertiary alicyclic amines) is 1. The Kier molecular flexibility index (Phi) is 4.82. The summed E-state index contributed by atoms with van der Waals surface area (Å²) in [6, 6.07) is 9.38. The topological polar surface area (TPSA) is 45.6 Å². The van der Waals surface area contributed by atoms with Crippen molar-refractivity contribution in [1.29, 1.82) is 0 Å². The maximum atomic E-state index is 9.52. The number of phenols is 1. The number of ether oxygens (including phenoxy) is 1. The number of fused-ring (bicyclic) bond motifs is 1. The molecule has 3 rings (SSSR count). The van der Waals surface area contributed by atoms with Gasteiger partial charge in [-0.3, -0.25) is 9.88 Å². The van der Waals surface area contributed by atoms with Crippen molar-refractivity contribution in [2.45, 2.75) is 26.3 Å². The first-order valence-corrected chi connectivity index (χ1v) is 8.28. The van der Waals surface area contributed by atoms with E-state index in [0.29, 0.717) is 12.5 Å². The molecule has 1 fully saturated rings. The molecule has 1 aliphatic rings. The molecule has 0 saturated carbocycles. The Bertz CT molecular complexity index is 691. The van der Waals surface area contributed by atoms with E-state index in [1.807, 2.05) is 25.1 Å². The Labute approximate surface area is 137 Å². The lowest BCUT2D eigenvalue weighted by Crippen LogP contribution is -2.34. The molecule has 1 aromatic carbocycles. The summed E-state index contributed by atoms with van der Waals surface area (Å²) in [4.78, 5) is 7.13. The van der Waals surface area contributed by atoms with Gasteiger partial charge in [-0.2, -0.15) is 0 Å². The first-order chi connectivity index (χ1) is 11.2. The highest BCUT2D eigenvalue weighted by atomic mass is 16.5. The van der Waals surface area contributed by atoms with E-state index in [1.54, 1.807) is 12.1 Å². The molecule has 0 unspecified atom stereocenters. The lowest BCUT2D eigenvalue weighted by molar-refractivity contribution is 0.132. The smallest absolute Gasteiger partial charge is 0.116 e. The summed E-state index contributed by atoms with van der Waals surface area (Å²) < 4.78 is 5.55. The van der Waals surface area contributed by atoms with Gasteiger partial charge in [0.1, 0.15) is 5.75 Å². The van der Waals surface area contributed by atoms with E-state index in [2.05, 4.69) is 11.5 Å². The molecule has 1 aromatic heterocycles. The molecule has 122 valence electrons. The standard InChI is InChI=1S/C19H24N2O2/c1-3-23-14(2)15-8-10-21(11-9-15)13-17-5-4-16-12-18(22)6-7-19(16)20-17/h4-7,12,15,22H,2-3,8-11,13H2,1H3. The minimum atomic E-state index is 0.281. The van der Waals surface area contributed by atoms with Crippen molar-refractivity contribution < 1.29 is 9.84 Å². The summed E-state index contributed by atoms with van der Waals surface area (Å²) in [5.41, 5.74) is 2.00. The van der Waals surface area contributed by atoms with E-state index < -0.39 is 0 Å². The largest absolute Gasteiger partial charge is 0.508 e. The predicted molar refractivity (Wildman–Crippen MR) is 92.2 cm³/mol. The van der Waals surface area contributed by atoms with Crippen LogP contribution in [0.4, 0.5) is 0 Å². The van der Waals surface area contributed by atoms with Crippen LogP contribution in [0.3, 0.4) is 0 Å². The molecule has 4 heteroatoms. The van der Waals surface area contributed by atoms with Crippen molar-refractivity contribution in [3.05, 3.63) is 48.4 Å². The van der Waals surface area contributed by atoms with Gasteiger partial charge in [-0.15, -0.1) is 0 Å². The number of allylic oxidation sites excluding steroid dienone is 1. The van der Waals surface area contributed by atoms with Crippen molar-refractivity contribution in [3.63, 3.8) is 0 Å². The van der Waals surface area contributed by atoms with E-state index in [0.717, 1.165) is 54.8 Å². The molecule has 0 atom stereocenters. The Morgan fingerprint density at radius 3 is 2.83 bits per heavy atom. The predicted octanol–water partition coefficient (Wildman–Crippen LogP) is 3.70. The molecule has 2 aromatic rings. The van der Waals surface area contributed by atoms with Gasteiger partial charge in [0, 0.05) is 17.8 Å². The number of pyridine rings is 1. The fraction of sp³-hybridized carbons (Fsp3) is 0.421. The highest BCUT2D eigenvalue weighted by molar-refractivity contribution is 5.80. The molecule has 23 heavy (non-hydrogen) atoms. The van der Waals surface area contributed by atoms with Crippen LogP contribution in [0, 0.1) is 5.92 Å². The van der Waals surface area contributed by atoms with Crippen LogP contribution < -0.4 is 0 Å². The van der Waals surface area contributed by atoms with Gasteiger partial charge in [0.05, 0.1) is 23.6 Å². The third-order valence-corrected chi connectivity index (χ3v) is 4.49. The molecule has 1 saturated heterocycles. The van der Waals surface area contributed by atoms with Gasteiger partial charge in [0.25, 0.3) is 0 Å². The lowest BCUT2D eigenvalue weighted by Gasteiger charge is -2.32. The third kappa shape index (κ3) is 3.82. The van der Waals surface area contributed by atoms with Crippen LogP contribution in [0.25, 0.3) is 10.9 Å². The Morgan fingerprint density at radius 2 is 2.09 bits per heavy atom. The minimum Gasteiger partial charge on any atom is -0.508 e. The van der Waals surface area contributed by atoms with E-state index in [9.17, 15) is 5.11 Å². The zero-order valence-electron chi connectivity index (χ0n) is 13.7. The number of rotatable bonds is 5. The Balaban J connectivity index is 1.60. The summed E-state index contributed by atoms with van der Waals surface area (Å²) >= 11 is 0. The molecule has 0 radical (unpaired) electrons. The summed E-state index contributed by atoms with van der Waals surface area (Å²) in [6.07, 6.45) is 2.20. The van der Waals surface area contributed by atoms with Crippen molar-refractivity contribution in [2.75, 3.05) is 19.7 Å². The molecule has 1 N–H and O–H groups in total. The van der Waals surface area contributed by atoms with Gasteiger partial charge in [-0.1, -0.05) is 12.6 Å². The monoisotopic (exact) mass is 312 g/mol. The SMILES string of the molecule is C=C(OCC)C1CCN(Cc2ccc3cc(O)ccc3n2)CC1. The van der Waals surface area contributed by atoms with E-state index in [4.69, 9.17) is 9.72 Å². The third-order valence-electron chi connectivity index (χ3n) is 4.49. The molecule has 4 nitrogen and oxygen atoms in total. The zero-order chi connectivity index (χ0) is 16.2. The normalized spacial score (nSPS) is 16.6. The number of hydrogen-bond donors (Lipinski definition) is 1. The molecular formula is C19H24N2O2.